The summed E-state index contributed by atoms with van der Waals surface area (Å²) in [5, 5.41) is 4.00. The second kappa shape index (κ2) is 7.01. The molecule has 2 aromatic carbocycles. The summed E-state index contributed by atoms with van der Waals surface area (Å²) in [6, 6.07) is 9.39. The average Bonchev–Trinajstić information content (AvgIpc) is 2.35. The van der Waals surface area contributed by atoms with Crippen LogP contribution in [0.5, 0.6) is 0 Å². The Kier molecular flexibility index (Phi) is 5.32. The Balaban J connectivity index is 2.30. The van der Waals surface area contributed by atoms with Crippen LogP contribution in [0.1, 0.15) is 29.7 Å². The summed E-state index contributed by atoms with van der Waals surface area (Å²) in [7, 11) is 0. The maximum atomic E-state index is 13.3. The molecule has 0 amide bonds. The third kappa shape index (κ3) is 4.51. The van der Waals surface area contributed by atoms with Gasteiger partial charge in [-0.05, 0) is 60.8 Å². The molecule has 0 aromatic heterocycles. The predicted octanol–water partition coefficient (Wildman–Crippen LogP) is 4.82. The first kappa shape index (κ1) is 15.9. The van der Waals surface area contributed by atoms with Gasteiger partial charge in [-0.25, -0.2) is 8.78 Å². The van der Waals surface area contributed by atoms with Crippen molar-refractivity contribution in [2.24, 2.45) is 0 Å². The molecule has 4 heteroatoms. The molecule has 1 atom stereocenters. The van der Waals surface area contributed by atoms with E-state index in [4.69, 9.17) is 11.6 Å². The van der Waals surface area contributed by atoms with Crippen molar-refractivity contribution in [2.75, 3.05) is 6.54 Å². The van der Waals surface area contributed by atoms with Gasteiger partial charge in [0, 0.05) is 17.1 Å². The largest absolute Gasteiger partial charge is 0.310 e. The van der Waals surface area contributed by atoms with Crippen LogP contribution in [0.15, 0.2) is 36.4 Å². The van der Waals surface area contributed by atoms with E-state index in [0.717, 1.165) is 23.7 Å². The molecular weight excluding hydrogens is 292 g/mol. The summed E-state index contributed by atoms with van der Waals surface area (Å²) in [5.74, 6) is -1.11. The average molecular weight is 310 g/mol. The Morgan fingerprint density at radius 1 is 1.05 bits per heavy atom. The van der Waals surface area contributed by atoms with E-state index in [1.54, 1.807) is 0 Å². The number of halogens is 3. The maximum absolute atomic E-state index is 13.3. The second-order valence-corrected chi connectivity index (χ2v) is 5.59. The number of rotatable bonds is 5. The van der Waals surface area contributed by atoms with Crippen LogP contribution in [-0.2, 0) is 6.42 Å². The van der Waals surface area contributed by atoms with Gasteiger partial charge in [0.05, 0.1) is 0 Å². The lowest BCUT2D eigenvalue weighted by molar-refractivity contribution is 0.538. The van der Waals surface area contributed by atoms with Crippen LogP contribution in [0.3, 0.4) is 0 Å². The molecule has 0 aliphatic rings. The molecule has 2 rings (SSSR count). The van der Waals surface area contributed by atoms with Crippen LogP contribution in [0, 0.1) is 18.6 Å². The summed E-state index contributed by atoms with van der Waals surface area (Å²) < 4.78 is 26.6. The Bertz CT molecular complexity index is 588. The van der Waals surface area contributed by atoms with Crippen LogP contribution in [0.25, 0.3) is 0 Å². The van der Waals surface area contributed by atoms with E-state index >= 15 is 0 Å². The number of likely N-dealkylation sites (N-methyl/N-ethyl adjacent to an activating group) is 1. The number of aryl methyl sites for hydroxylation is 1. The van der Waals surface area contributed by atoms with Gasteiger partial charge in [-0.3, -0.25) is 0 Å². The highest BCUT2D eigenvalue weighted by atomic mass is 35.5. The van der Waals surface area contributed by atoms with Crippen molar-refractivity contribution in [3.05, 3.63) is 69.7 Å². The fourth-order valence-corrected chi connectivity index (χ4v) is 2.78. The summed E-state index contributed by atoms with van der Waals surface area (Å²) in [6.45, 7) is 4.73. The van der Waals surface area contributed by atoms with Crippen LogP contribution in [0.2, 0.25) is 5.02 Å². The molecule has 21 heavy (non-hydrogen) atoms. The first-order valence-corrected chi connectivity index (χ1v) is 7.31. The van der Waals surface area contributed by atoms with Crippen molar-refractivity contribution in [1.29, 1.82) is 0 Å². The number of benzene rings is 2. The molecule has 0 spiro atoms. The molecule has 0 saturated heterocycles. The van der Waals surface area contributed by atoms with Crippen molar-refractivity contribution in [1.82, 2.24) is 5.32 Å². The highest BCUT2D eigenvalue weighted by Crippen LogP contribution is 2.24. The maximum Gasteiger partial charge on any atom is 0.126 e. The highest BCUT2D eigenvalue weighted by molar-refractivity contribution is 6.30. The van der Waals surface area contributed by atoms with Crippen LogP contribution in [0.4, 0.5) is 8.78 Å². The molecular formula is C17H18ClF2N. The summed E-state index contributed by atoms with van der Waals surface area (Å²) in [5.41, 5.74) is 2.70. The topological polar surface area (TPSA) is 12.0 Å². The van der Waals surface area contributed by atoms with Crippen LogP contribution < -0.4 is 5.32 Å². The van der Waals surface area contributed by atoms with Crippen molar-refractivity contribution in [3.63, 3.8) is 0 Å². The molecule has 0 fully saturated rings. The minimum atomic E-state index is -0.553. The third-order valence-electron chi connectivity index (χ3n) is 3.28. The first-order chi connectivity index (χ1) is 9.97. The standard InChI is InChI=1S/C17H18ClF2N/c1-3-21-17(13-4-11(2)5-14(18)9-13)8-12-6-15(19)10-16(20)7-12/h4-7,9-10,17,21H,3,8H2,1-2H3. The number of hydrogen-bond acceptors (Lipinski definition) is 1. The Morgan fingerprint density at radius 2 is 1.71 bits per heavy atom. The molecule has 0 saturated carbocycles. The van der Waals surface area contributed by atoms with Gasteiger partial charge in [-0.2, -0.15) is 0 Å². The highest BCUT2D eigenvalue weighted by Gasteiger charge is 2.13. The van der Waals surface area contributed by atoms with Gasteiger partial charge in [0.2, 0.25) is 0 Å². The zero-order chi connectivity index (χ0) is 15.4. The van der Waals surface area contributed by atoms with E-state index in [1.165, 1.54) is 12.1 Å². The van der Waals surface area contributed by atoms with Gasteiger partial charge in [-0.15, -0.1) is 0 Å². The zero-order valence-corrected chi connectivity index (χ0v) is 12.8. The minimum Gasteiger partial charge on any atom is -0.310 e. The van der Waals surface area contributed by atoms with Gasteiger partial charge >= 0.3 is 0 Å². The van der Waals surface area contributed by atoms with Gasteiger partial charge in [0.25, 0.3) is 0 Å². The monoisotopic (exact) mass is 309 g/mol. The fraction of sp³-hybridized carbons (Fsp3) is 0.294. The number of hydrogen-bond donors (Lipinski definition) is 1. The van der Waals surface area contributed by atoms with Crippen LogP contribution >= 0.6 is 11.6 Å². The molecule has 0 heterocycles. The van der Waals surface area contributed by atoms with Crippen molar-refractivity contribution >= 4 is 11.6 Å². The molecule has 1 N–H and O–H groups in total. The van der Waals surface area contributed by atoms with Crippen molar-refractivity contribution < 1.29 is 8.78 Å². The van der Waals surface area contributed by atoms with Gasteiger partial charge < -0.3 is 5.32 Å². The summed E-state index contributed by atoms with van der Waals surface area (Å²) >= 11 is 6.10. The van der Waals surface area contributed by atoms with E-state index in [1.807, 2.05) is 32.0 Å². The SMILES string of the molecule is CCNC(Cc1cc(F)cc(F)c1)c1cc(C)cc(Cl)c1. The number of nitrogens with one attached hydrogen (secondary N) is 1. The molecule has 1 unspecified atom stereocenters. The Labute approximate surface area is 128 Å². The summed E-state index contributed by atoms with van der Waals surface area (Å²) in [4.78, 5) is 0. The van der Waals surface area contributed by atoms with Gasteiger partial charge in [0.15, 0.2) is 0 Å². The predicted molar refractivity (Wildman–Crippen MR) is 82.7 cm³/mol. The van der Waals surface area contributed by atoms with Crippen molar-refractivity contribution in [2.45, 2.75) is 26.3 Å². The molecule has 1 nitrogen and oxygen atoms in total. The quantitative estimate of drug-likeness (QED) is 0.835. The molecule has 0 aliphatic heterocycles. The second-order valence-electron chi connectivity index (χ2n) is 5.15. The summed E-state index contributed by atoms with van der Waals surface area (Å²) in [6.07, 6.45) is 0.502. The Hall–Kier alpha value is -1.45. The van der Waals surface area contributed by atoms with Crippen LogP contribution in [-0.4, -0.2) is 6.54 Å². The lowest BCUT2D eigenvalue weighted by Gasteiger charge is -2.19. The molecule has 0 radical (unpaired) electrons. The molecule has 112 valence electrons. The van der Waals surface area contributed by atoms with E-state index < -0.39 is 11.6 Å². The third-order valence-corrected chi connectivity index (χ3v) is 3.50. The smallest absolute Gasteiger partial charge is 0.126 e. The normalized spacial score (nSPS) is 12.4. The molecule has 0 bridgehead atoms. The molecule has 2 aromatic rings. The van der Waals surface area contributed by atoms with E-state index in [9.17, 15) is 8.78 Å². The van der Waals surface area contributed by atoms with Crippen molar-refractivity contribution in [3.8, 4) is 0 Å². The van der Waals surface area contributed by atoms with Gasteiger partial charge in [0.1, 0.15) is 11.6 Å². The lowest BCUT2D eigenvalue weighted by Crippen LogP contribution is -2.23. The van der Waals surface area contributed by atoms with E-state index in [2.05, 4.69) is 5.32 Å². The molecule has 0 aliphatic carbocycles. The van der Waals surface area contributed by atoms with Gasteiger partial charge in [-0.1, -0.05) is 24.6 Å². The minimum absolute atomic E-state index is 0.0337. The zero-order valence-electron chi connectivity index (χ0n) is 12.1. The van der Waals surface area contributed by atoms with E-state index in [-0.39, 0.29) is 6.04 Å². The Morgan fingerprint density at radius 3 is 2.29 bits per heavy atom. The first-order valence-electron chi connectivity index (χ1n) is 6.93. The fourth-order valence-electron chi connectivity index (χ4n) is 2.48. The van der Waals surface area contributed by atoms with E-state index in [0.29, 0.717) is 17.0 Å². The lowest BCUT2D eigenvalue weighted by atomic mass is 9.97.